The average molecular weight is 722 g/mol. The summed E-state index contributed by atoms with van der Waals surface area (Å²) in [4.78, 5) is 23.4. The molecule has 3 aliphatic heterocycles. The largest absolute Gasteiger partial charge is 0.493 e. The Morgan fingerprint density at radius 2 is 1.87 bits per heavy atom. The lowest BCUT2D eigenvalue weighted by Crippen LogP contribution is -2.52. The predicted octanol–water partition coefficient (Wildman–Crippen LogP) is 8.96. The molecule has 274 valence electrons. The first-order valence-electron chi connectivity index (χ1n) is 18.9. The number of likely N-dealkylation sites (N-methyl/N-ethyl adjacent to an activating group) is 1. The molecule has 52 heavy (non-hydrogen) atoms. The van der Waals surface area contributed by atoms with Gasteiger partial charge in [0.1, 0.15) is 10.8 Å². The van der Waals surface area contributed by atoms with E-state index in [2.05, 4.69) is 60.2 Å². The molecule has 1 N–H and O–H groups in total. The van der Waals surface area contributed by atoms with Crippen molar-refractivity contribution in [1.29, 1.82) is 0 Å². The van der Waals surface area contributed by atoms with Gasteiger partial charge in [0.05, 0.1) is 27.9 Å². The molecule has 1 fully saturated rings. The van der Waals surface area contributed by atoms with Crippen LogP contribution in [0.3, 0.4) is 0 Å². The number of anilines is 1. The summed E-state index contributed by atoms with van der Waals surface area (Å²) in [5.41, 5.74) is 6.94. The van der Waals surface area contributed by atoms with Gasteiger partial charge in [0.2, 0.25) is 0 Å². The number of ether oxygens (including phenoxy) is 2. The minimum absolute atomic E-state index is 0.375. The molecule has 5 heterocycles. The van der Waals surface area contributed by atoms with E-state index in [1.807, 2.05) is 45.5 Å². The number of nitrogens with zero attached hydrogens (tertiary/aromatic N) is 5. The number of hydrogen-bond donors (Lipinski definition) is 1. The number of aromatic nitrogens is 3. The lowest BCUT2D eigenvalue weighted by molar-refractivity contribution is -0.160. The molecule has 0 amide bonds. The number of piperazine rings is 1. The number of benzene rings is 3. The Labute approximate surface area is 310 Å². The third-order valence-corrected chi connectivity index (χ3v) is 12.4. The Morgan fingerprint density at radius 1 is 1.06 bits per heavy atom. The number of carbonyl (C=O) groups is 1. The third kappa shape index (κ3) is 6.47. The molecule has 4 atom stereocenters. The molecule has 5 aromatic rings. The summed E-state index contributed by atoms with van der Waals surface area (Å²) in [6.07, 6.45) is 4.36. The third-order valence-electron chi connectivity index (χ3n) is 11.3. The van der Waals surface area contributed by atoms with Gasteiger partial charge in [0.15, 0.2) is 11.9 Å². The van der Waals surface area contributed by atoms with Gasteiger partial charge in [-0.05, 0) is 119 Å². The van der Waals surface area contributed by atoms with Crippen LogP contribution < -0.4 is 9.64 Å². The van der Waals surface area contributed by atoms with Crippen LogP contribution in [0.15, 0.2) is 42.5 Å². The van der Waals surface area contributed by atoms with Crippen LogP contribution in [0.1, 0.15) is 88.5 Å². The Kier molecular flexibility index (Phi) is 9.07. The summed E-state index contributed by atoms with van der Waals surface area (Å²) >= 11 is 1.62. The monoisotopic (exact) mass is 721 g/mol. The molecule has 0 aliphatic carbocycles. The van der Waals surface area contributed by atoms with Gasteiger partial charge in [-0.1, -0.05) is 25.8 Å². The highest BCUT2D eigenvalue weighted by Gasteiger charge is 2.34. The number of rotatable bonds is 3. The average Bonchev–Trinajstić information content (AvgIpc) is 3.66. The number of aliphatic carboxylic acids is 1. The first-order chi connectivity index (χ1) is 24.8. The summed E-state index contributed by atoms with van der Waals surface area (Å²) in [6, 6.07) is 15.5. The molecular formula is C42H51N5O4S. The Balaban J connectivity index is 1.37. The summed E-state index contributed by atoms with van der Waals surface area (Å²) in [7, 11) is 4.28. The second-order valence-electron chi connectivity index (χ2n) is 16.4. The number of aryl methyl sites for hydroxylation is 2. The van der Waals surface area contributed by atoms with Gasteiger partial charge in [-0.3, -0.25) is 4.68 Å². The van der Waals surface area contributed by atoms with Crippen LogP contribution in [0.2, 0.25) is 0 Å². The molecule has 2 aromatic heterocycles. The molecular weight excluding hydrogens is 671 g/mol. The Morgan fingerprint density at radius 3 is 2.65 bits per heavy atom. The standard InChI is InChI=1S/C42H51N5O4S/c1-24-9-8-10-26-15-18-50-34-14-12-27(21-30(26)34)36-35(37(41(48)49)51-42(3,4)5)25(2)20-32-38(36)52-40(43-32)28-11-13-33-31(22-28)39(44-46(33)7)47-17-16-45(6)23-29(47)19-24/h11-14,20-22,24,26,29,37H,8-10,15-19,23H2,1-7H3,(H,48,49)/t24?,26?,29?,37-/m0/s1. The molecule has 3 unspecified atom stereocenters. The zero-order valence-corrected chi connectivity index (χ0v) is 32.3. The van der Waals surface area contributed by atoms with E-state index in [0.29, 0.717) is 30.0 Å². The maximum atomic E-state index is 13.1. The van der Waals surface area contributed by atoms with Gasteiger partial charge in [0.25, 0.3) is 0 Å². The van der Waals surface area contributed by atoms with Crippen molar-refractivity contribution >= 4 is 44.2 Å². The van der Waals surface area contributed by atoms with E-state index in [0.717, 1.165) is 105 Å². The lowest BCUT2D eigenvalue weighted by Gasteiger charge is -2.41. The summed E-state index contributed by atoms with van der Waals surface area (Å²) in [5.74, 6) is 1.94. The van der Waals surface area contributed by atoms with Gasteiger partial charge < -0.3 is 24.4 Å². The number of fused-ring (bicyclic) bond motifs is 7. The first kappa shape index (κ1) is 35.1. The molecule has 0 radical (unpaired) electrons. The quantitative estimate of drug-likeness (QED) is 0.198. The number of hydrogen-bond acceptors (Lipinski definition) is 8. The molecule has 0 saturated carbocycles. The van der Waals surface area contributed by atoms with Crippen LogP contribution >= 0.6 is 11.3 Å². The van der Waals surface area contributed by atoms with E-state index in [1.54, 1.807) is 11.3 Å². The molecule has 10 heteroatoms. The zero-order valence-electron chi connectivity index (χ0n) is 31.5. The molecule has 3 aromatic carbocycles. The van der Waals surface area contributed by atoms with Gasteiger partial charge in [-0.25, -0.2) is 9.78 Å². The molecule has 1 saturated heterocycles. The van der Waals surface area contributed by atoms with Crippen molar-refractivity contribution < 1.29 is 19.4 Å². The summed E-state index contributed by atoms with van der Waals surface area (Å²) in [6.45, 7) is 13.8. The van der Waals surface area contributed by atoms with Crippen LogP contribution in [0, 0.1) is 12.8 Å². The number of carboxylic acids is 1. The molecule has 8 rings (SSSR count). The molecule has 6 bridgehead atoms. The molecule has 3 aliphatic rings. The smallest absolute Gasteiger partial charge is 0.337 e. The summed E-state index contributed by atoms with van der Waals surface area (Å²) in [5, 5.41) is 17.9. The fourth-order valence-corrected chi connectivity index (χ4v) is 9.97. The van der Waals surface area contributed by atoms with Gasteiger partial charge >= 0.3 is 5.97 Å². The number of carboxylic acid groups (broad SMARTS) is 1. The van der Waals surface area contributed by atoms with E-state index in [1.165, 1.54) is 12.0 Å². The second kappa shape index (κ2) is 13.5. The minimum atomic E-state index is -1.15. The van der Waals surface area contributed by atoms with E-state index in [9.17, 15) is 9.90 Å². The highest BCUT2D eigenvalue weighted by molar-refractivity contribution is 7.22. The van der Waals surface area contributed by atoms with E-state index in [4.69, 9.17) is 19.6 Å². The van der Waals surface area contributed by atoms with Crippen molar-refractivity contribution in [2.45, 2.75) is 90.4 Å². The van der Waals surface area contributed by atoms with Crippen molar-refractivity contribution in [3.8, 4) is 27.4 Å². The highest BCUT2D eigenvalue weighted by atomic mass is 32.1. The van der Waals surface area contributed by atoms with Crippen LogP contribution in [0.5, 0.6) is 5.75 Å². The highest BCUT2D eigenvalue weighted by Crippen LogP contribution is 2.47. The second-order valence-corrected chi connectivity index (χ2v) is 17.4. The van der Waals surface area contributed by atoms with Crippen LogP contribution in [0.25, 0.3) is 42.8 Å². The first-order valence-corrected chi connectivity index (χ1v) is 19.7. The fourth-order valence-electron chi connectivity index (χ4n) is 8.85. The van der Waals surface area contributed by atoms with Crippen molar-refractivity contribution in [2.24, 2.45) is 13.0 Å². The van der Waals surface area contributed by atoms with Gasteiger partial charge in [-0.15, -0.1) is 11.3 Å². The van der Waals surface area contributed by atoms with Crippen molar-refractivity contribution in [2.75, 3.05) is 38.2 Å². The Hall–Kier alpha value is -3.99. The van der Waals surface area contributed by atoms with Crippen molar-refractivity contribution in [3.63, 3.8) is 0 Å². The van der Waals surface area contributed by atoms with Crippen molar-refractivity contribution in [1.82, 2.24) is 19.7 Å². The maximum absolute atomic E-state index is 13.1. The van der Waals surface area contributed by atoms with Crippen LogP contribution in [-0.4, -0.2) is 75.7 Å². The zero-order chi connectivity index (χ0) is 36.5. The predicted molar refractivity (Wildman–Crippen MR) is 210 cm³/mol. The molecule has 9 nitrogen and oxygen atoms in total. The lowest BCUT2D eigenvalue weighted by atomic mass is 9.84. The Bertz CT molecular complexity index is 2170. The topological polar surface area (TPSA) is 93.0 Å². The SMILES string of the molecule is Cc1cc2nc3sc2c(c1[C@H](OC(C)(C)C)C(=O)O)-c1ccc2c(c1)C(CCCC(C)CC1CN(C)CCN1c1nn(C)c4ccc-3cc14)CCO2. The van der Waals surface area contributed by atoms with E-state index in [-0.39, 0.29) is 0 Å². The van der Waals surface area contributed by atoms with Gasteiger partial charge in [0, 0.05) is 54.8 Å². The summed E-state index contributed by atoms with van der Waals surface area (Å²) < 4.78 is 15.6. The normalized spacial score (nSPS) is 21.8. The number of thiazole rings is 1. The van der Waals surface area contributed by atoms with Crippen LogP contribution in [-0.2, 0) is 16.6 Å². The van der Waals surface area contributed by atoms with Crippen molar-refractivity contribution in [3.05, 3.63) is 59.2 Å². The molecule has 0 spiro atoms. The minimum Gasteiger partial charge on any atom is -0.493 e. The van der Waals surface area contributed by atoms with Gasteiger partial charge in [-0.2, -0.15) is 5.10 Å². The maximum Gasteiger partial charge on any atom is 0.337 e. The van der Waals surface area contributed by atoms with E-state index >= 15 is 0 Å². The van der Waals surface area contributed by atoms with Crippen LogP contribution in [0.4, 0.5) is 5.82 Å². The fraction of sp³-hybridized carbons (Fsp3) is 0.500. The van der Waals surface area contributed by atoms with E-state index < -0.39 is 17.7 Å².